The third kappa shape index (κ3) is 3.13. The molecule has 2 N–H and O–H groups in total. The number of carbonyl (C=O) groups is 1. The highest BCUT2D eigenvalue weighted by Gasteiger charge is 2.22. The summed E-state index contributed by atoms with van der Waals surface area (Å²) >= 11 is 0. The SMILES string of the molecule is CC(N)CS(=O)(=O)c1ccc(N2CCCC2=O)cc1. The molecule has 0 spiro atoms. The molecule has 0 bridgehead atoms. The van der Waals surface area contributed by atoms with Crippen LogP contribution in [-0.2, 0) is 14.6 Å². The Hall–Kier alpha value is -1.40. The summed E-state index contributed by atoms with van der Waals surface area (Å²) in [5.41, 5.74) is 6.28. The maximum atomic E-state index is 12.0. The Morgan fingerprint density at radius 3 is 2.42 bits per heavy atom. The van der Waals surface area contributed by atoms with E-state index < -0.39 is 15.9 Å². The first-order valence-electron chi connectivity index (χ1n) is 6.29. The monoisotopic (exact) mass is 282 g/mol. The van der Waals surface area contributed by atoms with Gasteiger partial charge in [0.05, 0.1) is 10.6 Å². The van der Waals surface area contributed by atoms with Gasteiger partial charge in [-0.3, -0.25) is 4.79 Å². The first-order chi connectivity index (χ1) is 8.90. The van der Waals surface area contributed by atoms with Crippen LogP contribution in [0.4, 0.5) is 5.69 Å². The van der Waals surface area contributed by atoms with E-state index >= 15 is 0 Å². The van der Waals surface area contributed by atoms with Crippen LogP contribution in [-0.4, -0.2) is 32.7 Å². The predicted molar refractivity (Wildman–Crippen MR) is 73.7 cm³/mol. The average Bonchev–Trinajstić information content (AvgIpc) is 2.74. The van der Waals surface area contributed by atoms with Crippen molar-refractivity contribution in [1.29, 1.82) is 0 Å². The summed E-state index contributed by atoms with van der Waals surface area (Å²) in [6.45, 7) is 2.36. The Balaban J connectivity index is 2.21. The van der Waals surface area contributed by atoms with Crippen LogP contribution in [0.1, 0.15) is 19.8 Å². The highest BCUT2D eigenvalue weighted by molar-refractivity contribution is 7.91. The number of benzene rings is 1. The van der Waals surface area contributed by atoms with Gasteiger partial charge in [-0.1, -0.05) is 0 Å². The summed E-state index contributed by atoms with van der Waals surface area (Å²) in [5.74, 6) is 0.0146. The molecule has 1 aromatic carbocycles. The molecular weight excluding hydrogens is 264 g/mol. The molecule has 1 aliphatic rings. The molecule has 1 atom stereocenters. The number of rotatable bonds is 4. The van der Waals surface area contributed by atoms with Crippen molar-refractivity contribution in [2.75, 3.05) is 17.2 Å². The molecule has 0 radical (unpaired) electrons. The maximum absolute atomic E-state index is 12.0. The Labute approximate surface area is 113 Å². The molecule has 5 nitrogen and oxygen atoms in total. The quantitative estimate of drug-likeness (QED) is 0.891. The molecular formula is C13H18N2O3S. The van der Waals surface area contributed by atoms with Gasteiger partial charge in [0.1, 0.15) is 0 Å². The third-order valence-corrected chi connectivity index (χ3v) is 5.02. The molecule has 1 amide bonds. The topological polar surface area (TPSA) is 80.5 Å². The van der Waals surface area contributed by atoms with Crippen molar-refractivity contribution in [2.45, 2.75) is 30.7 Å². The molecule has 6 heteroatoms. The number of amides is 1. The van der Waals surface area contributed by atoms with Crippen molar-refractivity contribution in [3.63, 3.8) is 0 Å². The third-order valence-electron chi connectivity index (χ3n) is 3.06. The summed E-state index contributed by atoms with van der Waals surface area (Å²) in [6, 6.07) is 6.04. The Morgan fingerprint density at radius 1 is 1.32 bits per heavy atom. The van der Waals surface area contributed by atoms with Crippen LogP contribution in [0.5, 0.6) is 0 Å². The Kier molecular flexibility index (Phi) is 3.91. The van der Waals surface area contributed by atoms with E-state index in [9.17, 15) is 13.2 Å². The average molecular weight is 282 g/mol. The second-order valence-electron chi connectivity index (χ2n) is 4.90. The van der Waals surface area contributed by atoms with Crippen LogP contribution in [0.15, 0.2) is 29.2 Å². The number of anilines is 1. The zero-order valence-corrected chi connectivity index (χ0v) is 11.7. The highest BCUT2D eigenvalue weighted by atomic mass is 32.2. The molecule has 1 saturated heterocycles. The van der Waals surface area contributed by atoms with Crippen molar-refractivity contribution in [2.24, 2.45) is 5.73 Å². The van der Waals surface area contributed by atoms with E-state index in [2.05, 4.69) is 0 Å². The van der Waals surface area contributed by atoms with Gasteiger partial charge in [0.2, 0.25) is 5.91 Å². The van der Waals surface area contributed by atoms with Crippen LogP contribution in [0.3, 0.4) is 0 Å². The van der Waals surface area contributed by atoms with Crippen LogP contribution < -0.4 is 10.6 Å². The fraction of sp³-hybridized carbons (Fsp3) is 0.462. The molecule has 1 heterocycles. The van der Waals surface area contributed by atoms with Crippen LogP contribution >= 0.6 is 0 Å². The Morgan fingerprint density at radius 2 is 1.95 bits per heavy atom. The molecule has 1 unspecified atom stereocenters. The van der Waals surface area contributed by atoms with Gasteiger partial charge >= 0.3 is 0 Å². The molecule has 19 heavy (non-hydrogen) atoms. The first kappa shape index (κ1) is 14.0. The minimum Gasteiger partial charge on any atom is -0.327 e. The minimum atomic E-state index is -3.34. The first-order valence-corrected chi connectivity index (χ1v) is 7.94. The van der Waals surface area contributed by atoms with Crippen molar-refractivity contribution >= 4 is 21.4 Å². The van der Waals surface area contributed by atoms with E-state index in [1.807, 2.05) is 0 Å². The van der Waals surface area contributed by atoms with Gasteiger partial charge in [0.15, 0.2) is 9.84 Å². The number of hydrogen-bond acceptors (Lipinski definition) is 4. The van der Waals surface area contributed by atoms with Crippen molar-refractivity contribution < 1.29 is 13.2 Å². The van der Waals surface area contributed by atoms with Gasteiger partial charge in [-0.05, 0) is 37.6 Å². The van der Waals surface area contributed by atoms with E-state index in [4.69, 9.17) is 5.73 Å². The maximum Gasteiger partial charge on any atom is 0.227 e. The molecule has 104 valence electrons. The van der Waals surface area contributed by atoms with Gasteiger partial charge in [-0.25, -0.2) is 8.42 Å². The molecule has 0 aliphatic carbocycles. The van der Waals surface area contributed by atoms with Gasteiger partial charge in [0, 0.05) is 24.7 Å². The van der Waals surface area contributed by atoms with E-state index in [0.29, 0.717) is 13.0 Å². The van der Waals surface area contributed by atoms with Gasteiger partial charge in [-0.2, -0.15) is 0 Å². The number of nitrogens with zero attached hydrogens (tertiary/aromatic N) is 1. The van der Waals surface area contributed by atoms with E-state index in [1.165, 1.54) is 0 Å². The summed E-state index contributed by atoms with van der Waals surface area (Å²) in [5, 5.41) is 0. The van der Waals surface area contributed by atoms with Crippen molar-refractivity contribution in [3.8, 4) is 0 Å². The molecule has 1 aromatic rings. The van der Waals surface area contributed by atoms with Gasteiger partial charge < -0.3 is 10.6 Å². The van der Waals surface area contributed by atoms with E-state index in [1.54, 1.807) is 36.1 Å². The largest absolute Gasteiger partial charge is 0.327 e. The number of carbonyl (C=O) groups excluding carboxylic acids is 1. The highest BCUT2D eigenvalue weighted by Crippen LogP contribution is 2.23. The van der Waals surface area contributed by atoms with Crippen molar-refractivity contribution in [1.82, 2.24) is 0 Å². The van der Waals surface area contributed by atoms with Crippen LogP contribution in [0.2, 0.25) is 0 Å². The number of hydrogen-bond donors (Lipinski definition) is 1. The van der Waals surface area contributed by atoms with Crippen molar-refractivity contribution in [3.05, 3.63) is 24.3 Å². The molecule has 0 aromatic heterocycles. The number of nitrogens with two attached hydrogens (primary N) is 1. The van der Waals surface area contributed by atoms with E-state index in [0.717, 1.165) is 12.1 Å². The normalized spacial score (nSPS) is 17.8. The fourth-order valence-electron chi connectivity index (χ4n) is 2.20. The summed E-state index contributed by atoms with van der Waals surface area (Å²) < 4.78 is 24.0. The van der Waals surface area contributed by atoms with E-state index in [-0.39, 0.29) is 16.6 Å². The smallest absolute Gasteiger partial charge is 0.227 e. The van der Waals surface area contributed by atoms with Gasteiger partial charge in [-0.15, -0.1) is 0 Å². The summed E-state index contributed by atoms with van der Waals surface area (Å²) in [4.78, 5) is 13.5. The summed E-state index contributed by atoms with van der Waals surface area (Å²) in [7, 11) is -3.34. The lowest BCUT2D eigenvalue weighted by molar-refractivity contribution is -0.117. The molecule has 1 aliphatic heterocycles. The van der Waals surface area contributed by atoms with Crippen LogP contribution in [0, 0.1) is 0 Å². The van der Waals surface area contributed by atoms with Gasteiger partial charge in [0.25, 0.3) is 0 Å². The second kappa shape index (κ2) is 5.30. The summed E-state index contributed by atoms with van der Waals surface area (Å²) in [6.07, 6.45) is 1.41. The zero-order valence-electron chi connectivity index (χ0n) is 10.9. The fourth-order valence-corrected chi connectivity index (χ4v) is 3.63. The lowest BCUT2D eigenvalue weighted by atomic mass is 10.3. The lowest BCUT2D eigenvalue weighted by Gasteiger charge is -2.16. The minimum absolute atomic E-state index is 0.0744. The van der Waals surface area contributed by atoms with Crippen LogP contribution in [0.25, 0.3) is 0 Å². The molecule has 1 fully saturated rings. The zero-order chi connectivity index (χ0) is 14.0. The second-order valence-corrected chi connectivity index (χ2v) is 6.94. The molecule has 0 saturated carbocycles. The Bertz CT molecular complexity index is 564. The molecule has 2 rings (SSSR count). The standard InChI is InChI=1S/C13H18N2O3S/c1-10(14)9-19(17,18)12-6-4-11(5-7-12)15-8-2-3-13(15)16/h4-7,10H,2-3,8-9,14H2,1H3. The lowest BCUT2D eigenvalue weighted by Crippen LogP contribution is -2.26. The number of sulfone groups is 1. The predicted octanol–water partition coefficient (Wildman–Crippen LogP) is 0.934.